The second-order valence-corrected chi connectivity index (χ2v) is 6.05. The Labute approximate surface area is 139 Å². The van der Waals surface area contributed by atoms with Gasteiger partial charge in [0.1, 0.15) is 5.75 Å². The van der Waals surface area contributed by atoms with Gasteiger partial charge < -0.3 is 9.67 Å². The van der Waals surface area contributed by atoms with Crippen LogP contribution in [0.5, 0.6) is 5.75 Å². The van der Waals surface area contributed by atoms with Crippen molar-refractivity contribution in [1.82, 2.24) is 4.57 Å². The molecule has 5 rings (SSSR count). The lowest BCUT2D eigenvalue weighted by atomic mass is 10.0. The van der Waals surface area contributed by atoms with E-state index in [4.69, 9.17) is 0 Å². The standard InChI is InChI=1S/C22H15NO/c24-17-12-10-15-11-13-21-22(19(15)14-17)18-8-4-5-9-20(18)23(21)16-6-2-1-3-7-16/h1-14,24H. The smallest absolute Gasteiger partial charge is 0.116 e. The lowest BCUT2D eigenvalue weighted by Crippen LogP contribution is -1.92. The predicted molar refractivity (Wildman–Crippen MR) is 100.0 cm³/mol. The van der Waals surface area contributed by atoms with Crippen molar-refractivity contribution in [3.05, 3.63) is 84.9 Å². The zero-order valence-electron chi connectivity index (χ0n) is 13.0. The molecule has 114 valence electrons. The van der Waals surface area contributed by atoms with Gasteiger partial charge in [-0.05, 0) is 47.2 Å². The van der Waals surface area contributed by atoms with Crippen LogP contribution in [0.15, 0.2) is 84.9 Å². The van der Waals surface area contributed by atoms with Crippen LogP contribution in [0, 0.1) is 0 Å². The van der Waals surface area contributed by atoms with Crippen molar-refractivity contribution in [2.24, 2.45) is 0 Å². The molecule has 0 saturated heterocycles. The van der Waals surface area contributed by atoms with Crippen LogP contribution in [0.2, 0.25) is 0 Å². The fraction of sp³-hybridized carbons (Fsp3) is 0. The molecule has 0 spiro atoms. The molecule has 1 N–H and O–H groups in total. The maximum atomic E-state index is 9.98. The van der Waals surface area contributed by atoms with E-state index in [2.05, 4.69) is 65.2 Å². The summed E-state index contributed by atoms with van der Waals surface area (Å²) in [5, 5.41) is 14.6. The van der Waals surface area contributed by atoms with E-state index in [1.807, 2.05) is 18.2 Å². The van der Waals surface area contributed by atoms with Crippen molar-refractivity contribution in [2.45, 2.75) is 0 Å². The minimum atomic E-state index is 0.298. The Bertz CT molecular complexity index is 1200. The normalized spacial score (nSPS) is 11.5. The summed E-state index contributed by atoms with van der Waals surface area (Å²) in [4.78, 5) is 0. The fourth-order valence-electron chi connectivity index (χ4n) is 3.63. The molecule has 0 unspecified atom stereocenters. The Hall–Kier alpha value is -3.26. The Morgan fingerprint density at radius 3 is 2.25 bits per heavy atom. The van der Waals surface area contributed by atoms with Crippen LogP contribution in [-0.2, 0) is 0 Å². The van der Waals surface area contributed by atoms with Gasteiger partial charge in [0.2, 0.25) is 0 Å². The number of rotatable bonds is 1. The van der Waals surface area contributed by atoms with E-state index in [1.165, 1.54) is 16.3 Å². The van der Waals surface area contributed by atoms with Gasteiger partial charge in [-0.1, -0.05) is 48.5 Å². The minimum Gasteiger partial charge on any atom is -0.508 e. The highest BCUT2D eigenvalue weighted by Crippen LogP contribution is 2.37. The average molecular weight is 309 g/mol. The molecule has 2 nitrogen and oxygen atoms in total. The van der Waals surface area contributed by atoms with Crippen LogP contribution in [-0.4, -0.2) is 9.67 Å². The highest BCUT2D eigenvalue weighted by molar-refractivity contribution is 6.21. The molecule has 4 aromatic carbocycles. The van der Waals surface area contributed by atoms with Crippen molar-refractivity contribution in [2.75, 3.05) is 0 Å². The lowest BCUT2D eigenvalue weighted by Gasteiger charge is -2.08. The molecule has 0 bridgehead atoms. The SMILES string of the molecule is Oc1ccc2ccc3c(c2c1)c1ccccc1n3-c1ccccc1. The number of aromatic nitrogens is 1. The molecule has 0 amide bonds. The molecular weight excluding hydrogens is 294 g/mol. The van der Waals surface area contributed by atoms with Gasteiger partial charge in [0.15, 0.2) is 0 Å². The number of benzene rings is 4. The van der Waals surface area contributed by atoms with E-state index in [1.54, 1.807) is 6.07 Å². The molecule has 0 aliphatic carbocycles. The Morgan fingerprint density at radius 2 is 1.38 bits per heavy atom. The Kier molecular flexibility index (Phi) is 2.68. The second kappa shape index (κ2) is 4.87. The van der Waals surface area contributed by atoms with Crippen LogP contribution in [0.1, 0.15) is 0 Å². The molecule has 2 heteroatoms. The molecule has 0 atom stereocenters. The van der Waals surface area contributed by atoms with Crippen LogP contribution in [0.3, 0.4) is 0 Å². The van der Waals surface area contributed by atoms with Crippen LogP contribution < -0.4 is 0 Å². The number of aromatic hydroxyl groups is 1. The topological polar surface area (TPSA) is 25.2 Å². The van der Waals surface area contributed by atoms with Crippen molar-refractivity contribution >= 4 is 32.6 Å². The van der Waals surface area contributed by atoms with Gasteiger partial charge in [-0.3, -0.25) is 0 Å². The number of hydrogen-bond donors (Lipinski definition) is 1. The third-order valence-corrected chi connectivity index (χ3v) is 4.65. The largest absolute Gasteiger partial charge is 0.508 e. The summed E-state index contributed by atoms with van der Waals surface area (Å²) in [6, 6.07) is 28.7. The van der Waals surface area contributed by atoms with Crippen LogP contribution in [0.4, 0.5) is 0 Å². The molecule has 0 aliphatic rings. The molecule has 0 radical (unpaired) electrons. The molecule has 1 heterocycles. The number of phenols is 1. The fourth-order valence-corrected chi connectivity index (χ4v) is 3.63. The second-order valence-electron chi connectivity index (χ2n) is 6.05. The highest BCUT2D eigenvalue weighted by Gasteiger charge is 2.14. The maximum absolute atomic E-state index is 9.98. The highest BCUT2D eigenvalue weighted by atomic mass is 16.3. The molecule has 1 aromatic heterocycles. The molecular formula is C22H15NO. The van der Waals surface area contributed by atoms with Crippen molar-refractivity contribution in [3.8, 4) is 11.4 Å². The summed E-state index contributed by atoms with van der Waals surface area (Å²) in [7, 11) is 0. The summed E-state index contributed by atoms with van der Waals surface area (Å²) < 4.78 is 2.29. The van der Waals surface area contributed by atoms with Crippen LogP contribution in [0.25, 0.3) is 38.3 Å². The molecule has 0 fully saturated rings. The summed E-state index contributed by atoms with van der Waals surface area (Å²) in [5.41, 5.74) is 3.47. The van der Waals surface area contributed by atoms with Gasteiger partial charge in [-0.2, -0.15) is 0 Å². The van der Waals surface area contributed by atoms with E-state index >= 15 is 0 Å². The number of phenolic OH excluding ortho intramolecular Hbond substituents is 1. The third-order valence-electron chi connectivity index (χ3n) is 4.65. The zero-order chi connectivity index (χ0) is 16.1. The Balaban J connectivity index is 2.06. The molecule has 5 aromatic rings. The lowest BCUT2D eigenvalue weighted by molar-refractivity contribution is 0.476. The number of para-hydroxylation sites is 2. The summed E-state index contributed by atoms with van der Waals surface area (Å²) >= 11 is 0. The van der Waals surface area contributed by atoms with Gasteiger partial charge in [0, 0.05) is 16.5 Å². The van der Waals surface area contributed by atoms with E-state index < -0.39 is 0 Å². The number of nitrogens with zero attached hydrogens (tertiary/aromatic N) is 1. The zero-order valence-corrected chi connectivity index (χ0v) is 13.0. The first kappa shape index (κ1) is 13.2. The first-order valence-electron chi connectivity index (χ1n) is 8.03. The van der Waals surface area contributed by atoms with Gasteiger partial charge in [0.05, 0.1) is 11.0 Å². The molecule has 24 heavy (non-hydrogen) atoms. The Morgan fingerprint density at radius 1 is 0.625 bits per heavy atom. The average Bonchev–Trinajstić information content (AvgIpc) is 2.97. The predicted octanol–water partition coefficient (Wildman–Crippen LogP) is 5.64. The molecule has 0 saturated carbocycles. The van der Waals surface area contributed by atoms with Gasteiger partial charge in [-0.25, -0.2) is 0 Å². The summed E-state index contributed by atoms with van der Waals surface area (Å²) in [6.45, 7) is 0. The van der Waals surface area contributed by atoms with Crippen LogP contribution >= 0.6 is 0 Å². The summed E-state index contributed by atoms with van der Waals surface area (Å²) in [5.74, 6) is 0.298. The third kappa shape index (κ3) is 1.77. The van der Waals surface area contributed by atoms with E-state index in [0.717, 1.165) is 22.0 Å². The number of fused-ring (bicyclic) bond motifs is 5. The van der Waals surface area contributed by atoms with E-state index in [9.17, 15) is 5.11 Å². The van der Waals surface area contributed by atoms with Gasteiger partial charge >= 0.3 is 0 Å². The maximum Gasteiger partial charge on any atom is 0.116 e. The van der Waals surface area contributed by atoms with Crippen molar-refractivity contribution < 1.29 is 5.11 Å². The monoisotopic (exact) mass is 309 g/mol. The van der Waals surface area contributed by atoms with E-state index in [-0.39, 0.29) is 0 Å². The minimum absolute atomic E-state index is 0.298. The van der Waals surface area contributed by atoms with Crippen molar-refractivity contribution in [3.63, 3.8) is 0 Å². The first-order chi connectivity index (χ1) is 11.8. The quantitative estimate of drug-likeness (QED) is 0.426. The summed E-state index contributed by atoms with van der Waals surface area (Å²) in [6.07, 6.45) is 0. The van der Waals surface area contributed by atoms with E-state index in [0.29, 0.717) is 5.75 Å². The van der Waals surface area contributed by atoms with Gasteiger partial charge in [-0.15, -0.1) is 0 Å². The number of hydrogen-bond acceptors (Lipinski definition) is 1. The molecule has 0 aliphatic heterocycles. The first-order valence-corrected chi connectivity index (χ1v) is 8.03. The van der Waals surface area contributed by atoms with Crippen molar-refractivity contribution in [1.29, 1.82) is 0 Å². The van der Waals surface area contributed by atoms with Gasteiger partial charge in [0.25, 0.3) is 0 Å².